The van der Waals surface area contributed by atoms with E-state index in [0.717, 1.165) is 16.5 Å². The molecule has 2 heterocycles. The van der Waals surface area contributed by atoms with Gasteiger partial charge in [-0.1, -0.05) is 11.8 Å². The first kappa shape index (κ1) is 13.8. The van der Waals surface area contributed by atoms with E-state index in [9.17, 15) is 0 Å². The molecule has 0 atom stereocenters. The number of nitrogen functional groups attached to an aromatic ring is 1. The summed E-state index contributed by atoms with van der Waals surface area (Å²) in [5.74, 6) is 7.79. The first-order chi connectivity index (χ1) is 10.7. The van der Waals surface area contributed by atoms with Gasteiger partial charge < -0.3 is 20.2 Å². The third-order valence-electron chi connectivity index (χ3n) is 3.14. The predicted octanol–water partition coefficient (Wildman–Crippen LogP) is 1.96. The number of nitrogens with zero attached hydrogens (tertiary/aromatic N) is 2. The van der Waals surface area contributed by atoms with Gasteiger partial charge in [0.2, 0.25) is 5.95 Å². The molecule has 0 amide bonds. The summed E-state index contributed by atoms with van der Waals surface area (Å²) < 4.78 is 10.5. The van der Waals surface area contributed by atoms with Crippen LogP contribution in [0.25, 0.3) is 11.0 Å². The number of benzene rings is 1. The van der Waals surface area contributed by atoms with E-state index in [1.54, 1.807) is 32.7 Å². The standard InChI is InChI=1S/C16H14N4O2/c1-21-12-5-10(6-13(7-12)22-2)3-4-11-8-18-15-14(11)9-19-16(17)20-15/h5-9H,1-2H3,(H3,17,18,19,20). The molecule has 6 nitrogen and oxygen atoms in total. The quantitative estimate of drug-likeness (QED) is 0.706. The van der Waals surface area contributed by atoms with E-state index in [-0.39, 0.29) is 5.95 Å². The molecule has 0 saturated heterocycles. The second kappa shape index (κ2) is 5.66. The van der Waals surface area contributed by atoms with E-state index in [4.69, 9.17) is 15.2 Å². The van der Waals surface area contributed by atoms with Crippen molar-refractivity contribution >= 4 is 17.0 Å². The highest BCUT2D eigenvalue weighted by molar-refractivity contribution is 5.83. The minimum absolute atomic E-state index is 0.228. The number of aromatic nitrogens is 3. The molecule has 110 valence electrons. The van der Waals surface area contributed by atoms with Gasteiger partial charge in [-0.3, -0.25) is 0 Å². The lowest BCUT2D eigenvalue weighted by atomic mass is 10.2. The Morgan fingerprint density at radius 3 is 2.50 bits per heavy atom. The van der Waals surface area contributed by atoms with Gasteiger partial charge in [0.05, 0.1) is 25.2 Å². The molecule has 0 radical (unpaired) electrons. The van der Waals surface area contributed by atoms with E-state index >= 15 is 0 Å². The fourth-order valence-electron chi connectivity index (χ4n) is 2.04. The lowest BCUT2D eigenvalue weighted by Crippen LogP contribution is -1.93. The van der Waals surface area contributed by atoms with Crippen molar-refractivity contribution in [3.05, 3.63) is 41.7 Å². The van der Waals surface area contributed by atoms with E-state index in [0.29, 0.717) is 17.1 Å². The van der Waals surface area contributed by atoms with Crippen LogP contribution < -0.4 is 15.2 Å². The van der Waals surface area contributed by atoms with Gasteiger partial charge >= 0.3 is 0 Å². The summed E-state index contributed by atoms with van der Waals surface area (Å²) in [4.78, 5) is 11.1. The van der Waals surface area contributed by atoms with Crippen molar-refractivity contribution in [2.24, 2.45) is 0 Å². The number of ether oxygens (including phenoxy) is 2. The van der Waals surface area contributed by atoms with Crippen LogP contribution >= 0.6 is 0 Å². The van der Waals surface area contributed by atoms with Gasteiger partial charge in [0.25, 0.3) is 0 Å². The van der Waals surface area contributed by atoms with Crippen molar-refractivity contribution < 1.29 is 9.47 Å². The summed E-state index contributed by atoms with van der Waals surface area (Å²) in [6, 6.07) is 5.49. The number of fused-ring (bicyclic) bond motifs is 1. The molecule has 3 aromatic rings. The molecular formula is C16H14N4O2. The molecule has 0 aliphatic heterocycles. The zero-order valence-corrected chi connectivity index (χ0v) is 12.2. The molecule has 0 bridgehead atoms. The molecule has 6 heteroatoms. The van der Waals surface area contributed by atoms with Crippen LogP contribution in [0.15, 0.2) is 30.6 Å². The summed E-state index contributed by atoms with van der Waals surface area (Å²) in [6.45, 7) is 0. The average molecular weight is 294 g/mol. The maximum absolute atomic E-state index is 5.56. The summed E-state index contributed by atoms with van der Waals surface area (Å²) >= 11 is 0. The van der Waals surface area contributed by atoms with Crippen LogP contribution in [0, 0.1) is 11.8 Å². The number of aromatic amines is 1. The van der Waals surface area contributed by atoms with Crippen LogP contribution in [0.4, 0.5) is 5.95 Å². The topological polar surface area (TPSA) is 86.0 Å². The highest BCUT2D eigenvalue weighted by Crippen LogP contribution is 2.22. The maximum Gasteiger partial charge on any atom is 0.221 e. The van der Waals surface area contributed by atoms with Crippen molar-refractivity contribution in [3.8, 4) is 23.3 Å². The van der Waals surface area contributed by atoms with Crippen LogP contribution in [-0.2, 0) is 0 Å². The Labute approximate surface area is 127 Å². The van der Waals surface area contributed by atoms with E-state index in [1.807, 2.05) is 12.1 Å². The Kier molecular flexibility index (Phi) is 3.54. The second-order valence-corrected chi connectivity index (χ2v) is 4.54. The van der Waals surface area contributed by atoms with Gasteiger partial charge in [-0.05, 0) is 12.1 Å². The molecule has 22 heavy (non-hydrogen) atoms. The maximum atomic E-state index is 5.56. The first-order valence-corrected chi connectivity index (χ1v) is 6.54. The summed E-state index contributed by atoms with van der Waals surface area (Å²) in [5, 5.41) is 0.830. The zero-order valence-electron chi connectivity index (χ0n) is 12.2. The third kappa shape index (κ3) is 2.65. The van der Waals surface area contributed by atoms with Gasteiger partial charge in [0.15, 0.2) is 0 Å². The summed E-state index contributed by atoms with van der Waals surface area (Å²) in [7, 11) is 3.21. The number of anilines is 1. The lowest BCUT2D eigenvalue weighted by Gasteiger charge is -2.04. The number of nitrogens with one attached hydrogen (secondary N) is 1. The van der Waals surface area contributed by atoms with Crippen LogP contribution in [0.2, 0.25) is 0 Å². The average Bonchev–Trinajstić information content (AvgIpc) is 2.94. The largest absolute Gasteiger partial charge is 0.497 e. The smallest absolute Gasteiger partial charge is 0.221 e. The van der Waals surface area contributed by atoms with Crippen molar-refractivity contribution in [3.63, 3.8) is 0 Å². The molecule has 0 saturated carbocycles. The van der Waals surface area contributed by atoms with Gasteiger partial charge in [-0.2, -0.15) is 4.98 Å². The van der Waals surface area contributed by atoms with E-state index in [1.165, 1.54) is 0 Å². The molecule has 2 aromatic heterocycles. The fourth-order valence-corrected chi connectivity index (χ4v) is 2.04. The molecule has 3 N–H and O–H groups in total. The number of hydrogen-bond acceptors (Lipinski definition) is 5. The van der Waals surface area contributed by atoms with Crippen molar-refractivity contribution in [1.82, 2.24) is 15.0 Å². The molecular weight excluding hydrogens is 280 g/mol. The molecule has 1 aromatic carbocycles. The third-order valence-corrected chi connectivity index (χ3v) is 3.14. The zero-order chi connectivity index (χ0) is 15.5. The minimum atomic E-state index is 0.228. The Hall–Kier alpha value is -3.20. The molecule has 0 aliphatic rings. The Balaban J connectivity index is 2.01. The van der Waals surface area contributed by atoms with Gasteiger partial charge in [-0.25, -0.2) is 4.98 Å². The monoisotopic (exact) mass is 294 g/mol. The van der Waals surface area contributed by atoms with E-state index in [2.05, 4.69) is 26.8 Å². The highest BCUT2D eigenvalue weighted by Gasteiger charge is 2.04. The molecule has 3 rings (SSSR count). The Morgan fingerprint density at radius 2 is 1.82 bits per heavy atom. The van der Waals surface area contributed by atoms with Gasteiger partial charge in [0.1, 0.15) is 17.1 Å². The summed E-state index contributed by atoms with van der Waals surface area (Å²) in [5.41, 5.74) is 7.82. The fraction of sp³-hybridized carbons (Fsp3) is 0.125. The molecule has 0 aliphatic carbocycles. The first-order valence-electron chi connectivity index (χ1n) is 6.54. The second-order valence-electron chi connectivity index (χ2n) is 4.54. The number of methoxy groups -OCH3 is 2. The molecule has 0 fully saturated rings. The van der Waals surface area contributed by atoms with E-state index < -0.39 is 0 Å². The SMILES string of the molecule is COc1cc(C#Cc2c[nH]c3nc(N)ncc23)cc(OC)c1. The van der Waals surface area contributed by atoms with Crippen LogP contribution in [0.3, 0.4) is 0 Å². The van der Waals surface area contributed by atoms with Crippen molar-refractivity contribution in [1.29, 1.82) is 0 Å². The van der Waals surface area contributed by atoms with Crippen molar-refractivity contribution in [2.75, 3.05) is 20.0 Å². The van der Waals surface area contributed by atoms with Crippen LogP contribution in [0.1, 0.15) is 11.1 Å². The predicted molar refractivity (Wildman–Crippen MR) is 83.8 cm³/mol. The number of H-pyrrole nitrogens is 1. The van der Waals surface area contributed by atoms with Crippen LogP contribution in [-0.4, -0.2) is 29.2 Å². The minimum Gasteiger partial charge on any atom is -0.497 e. The normalized spacial score (nSPS) is 10.1. The number of hydrogen-bond donors (Lipinski definition) is 2. The Morgan fingerprint density at radius 1 is 1.09 bits per heavy atom. The van der Waals surface area contributed by atoms with Gasteiger partial charge in [0, 0.05) is 24.0 Å². The highest BCUT2D eigenvalue weighted by atomic mass is 16.5. The van der Waals surface area contributed by atoms with Gasteiger partial charge in [-0.15, -0.1) is 0 Å². The molecule has 0 unspecified atom stereocenters. The number of rotatable bonds is 2. The molecule has 0 spiro atoms. The van der Waals surface area contributed by atoms with Crippen molar-refractivity contribution in [2.45, 2.75) is 0 Å². The number of nitrogens with two attached hydrogens (primary N) is 1. The lowest BCUT2D eigenvalue weighted by molar-refractivity contribution is 0.394. The Bertz CT molecular complexity index is 868. The summed E-state index contributed by atoms with van der Waals surface area (Å²) in [6.07, 6.45) is 3.44. The van der Waals surface area contributed by atoms with Crippen LogP contribution in [0.5, 0.6) is 11.5 Å².